The van der Waals surface area contributed by atoms with Crippen LogP contribution in [0.3, 0.4) is 0 Å². The number of benzene rings is 2. The lowest BCUT2D eigenvalue weighted by Crippen LogP contribution is -2.30. The van der Waals surface area contributed by atoms with Gasteiger partial charge in [0.15, 0.2) is 6.10 Å². The van der Waals surface area contributed by atoms with Gasteiger partial charge in [0.2, 0.25) is 0 Å². The van der Waals surface area contributed by atoms with Crippen molar-refractivity contribution < 1.29 is 19.1 Å². The molecule has 1 atom stereocenters. The van der Waals surface area contributed by atoms with Crippen LogP contribution in [0, 0.1) is 0 Å². The first-order valence-corrected chi connectivity index (χ1v) is 8.25. The lowest BCUT2D eigenvalue weighted by Gasteiger charge is -2.15. The number of esters is 1. The number of hydrogen-bond acceptors (Lipinski definition) is 4. The Morgan fingerprint density at radius 2 is 1.60 bits per heavy atom. The number of rotatable bonds is 5. The molecule has 0 saturated carbocycles. The van der Waals surface area contributed by atoms with Gasteiger partial charge in [0.1, 0.15) is 5.75 Å². The van der Waals surface area contributed by atoms with Crippen molar-refractivity contribution in [3.63, 3.8) is 0 Å². The van der Waals surface area contributed by atoms with Crippen LogP contribution >= 0.6 is 34.8 Å². The average Bonchev–Trinajstić information content (AvgIpc) is 2.57. The number of nitrogens with one attached hydrogen (secondary N) is 1. The zero-order valence-corrected chi connectivity index (χ0v) is 15.6. The fourth-order valence-corrected chi connectivity index (χ4v) is 2.81. The molecule has 1 amide bonds. The largest absolute Gasteiger partial charge is 0.497 e. The monoisotopic (exact) mass is 401 g/mol. The molecule has 0 saturated heterocycles. The van der Waals surface area contributed by atoms with Crippen LogP contribution in [0.4, 0.5) is 5.69 Å². The Labute approximate surface area is 159 Å². The third kappa shape index (κ3) is 5.01. The standard InChI is InChI=1S/C17H14Cl3NO4/c1-9(25-17(23)10-3-5-12(24-2)6-4-10)16(22)21-15-13(19)7-11(18)8-14(15)20/h3-9H,1-2H3,(H,21,22)/t9-/m1/s1. The minimum absolute atomic E-state index is 0.180. The first-order chi connectivity index (χ1) is 11.8. The highest BCUT2D eigenvalue weighted by Gasteiger charge is 2.21. The average molecular weight is 403 g/mol. The number of halogens is 3. The lowest BCUT2D eigenvalue weighted by molar-refractivity contribution is -0.123. The van der Waals surface area contributed by atoms with E-state index in [2.05, 4.69) is 5.32 Å². The van der Waals surface area contributed by atoms with Gasteiger partial charge in [-0.25, -0.2) is 4.79 Å². The molecule has 5 nitrogen and oxygen atoms in total. The maximum atomic E-state index is 12.2. The molecule has 0 aliphatic rings. The molecule has 0 unspecified atom stereocenters. The van der Waals surface area contributed by atoms with Crippen molar-refractivity contribution >= 4 is 52.4 Å². The van der Waals surface area contributed by atoms with Crippen LogP contribution in [0.2, 0.25) is 15.1 Å². The Kier molecular flexibility index (Phi) is 6.53. The summed E-state index contributed by atoms with van der Waals surface area (Å²) in [5.74, 6) is -0.610. The Hall–Kier alpha value is -1.95. The van der Waals surface area contributed by atoms with Gasteiger partial charge in [0.25, 0.3) is 5.91 Å². The molecule has 25 heavy (non-hydrogen) atoms. The highest BCUT2D eigenvalue weighted by molar-refractivity contribution is 6.42. The molecule has 0 aromatic heterocycles. The topological polar surface area (TPSA) is 64.6 Å². The zero-order valence-electron chi connectivity index (χ0n) is 13.3. The molecule has 0 aliphatic heterocycles. The molecule has 0 radical (unpaired) electrons. The SMILES string of the molecule is COc1ccc(C(=O)O[C@H](C)C(=O)Nc2c(Cl)cc(Cl)cc2Cl)cc1. The molecule has 0 fully saturated rings. The van der Waals surface area contributed by atoms with Crippen molar-refractivity contribution in [3.8, 4) is 5.75 Å². The van der Waals surface area contributed by atoms with Gasteiger partial charge in [-0.05, 0) is 43.3 Å². The summed E-state index contributed by atoms with van der Waals surface area (Å²) in [5, 5.41) is 3.22. The highest BCUT2D eigenvalue weighted by Crippen LogP contribution is 2.33. The summed E-state index contributed by atoms with van der Waals surface area (Å²) in [7, 11) is 1.52. The highest BCUT2D eigenvalue weighted by atomic mass is 35.5. The summed E-state index contributed by atoms with van der Waals surface area (Å²) in [6.45, 7) is 1.44. The molecule has 2 rings (SSSR count). The second-order valence-electron chi connectivity index (χ2n) is 5.01. The molecule has 8 heteroatoms. The molecule has 0 bridgehead atoms. The van der Waals surface area contributed by atoms with E-state index in [-0.39, 0.29) is 15.7 Å². The van der Waals surface area contributed by atoms with Crippen molar-refractivity contribution in [3.05, 3.63) is 57.0 Å². The summed E-state index contributed by atoms with van der Waals surface area (Å²) >= 11 is 17.8. The van der Waals surface area contributed by atoms with E-state index < -0.39 is 18.0 Å². The van der Waals surface area contributed by atoms with Gasteiger partial charge in [0.05, 0.1) is 28.4 Å². The maximum Gasteiger partial charge on any atom is 0.338 e. The molecule has 132 valence electrons. The van der Waals surface area contributed by atoms with Crippen molar-refractivity contribution in [2.45, 2.75) is 13.0 Å². The maximum absolute atomic E-state index is 12.2. The normalized spacial score (nSPS) is 11.6. The number of hydrogen-bond donors (Lipinski definition) is 1. The van der Waals surface area contributed by atoms with E-state index in [1.165, 1.54) is 26.2 Å². The predicted molar refractivity (Wildman–Crippen MR) is 98.0 cm³/mol. The van der Waals surface area contributed by atoms with Gasteiger partial charge in [0, 0.05) is 5.02 Å². The number of ether oxygens (including phenoxy) is 2. The third-order valence-corrected chi connectivity index (χ3v) is 4.05. The van der Waals surface area contributed by atoms with Crippen LogP contribution in [0.15, 0.2) is 36.4 Å². The zero-order chi connectivity index (χ0) is 18.6. The van der Waals surface area contributed by atoms with Crippen LogP contribution in [0.5, 0.6) is 5.75 Å². The van der Waals surface area contributed by atoms with Gasteiger partial charge >= 0.3 is 5.97 Å². The first-order valence-electron chi connectivity index (χ1n) is 7.12. The Morgan fingerprint density at radius 1 is 1.04 bits per heavy atom. The minimum atomic E-state index is -1.06. The molecule has 0 heterocycles. The third-order valence-electron chi connectivity index (χ3n) is 3.23. The van der Waals surface area contributed by atoms with E-state index in [1.807, 2.05) is 0 Å². The summed E-state index contributed by atoms with van der Waals surface area (Å²) in [6, 6.07) is 9.21. The van der Waals surface area contributed by atoms with Crippen molar-refractivity contribution in [2.75, 3.05) is 12.4 Å². The molecule has 0 aliphatic carbocycles. The van der Waals surface area contributed by atoms with Gasteiger partial charge in [-0.3, -0.25) is 4.79 Å². The second-order valence-corrected chi connectivity index (χ2v) is 6.26. The van der Waals surface area contributed by atoms with Crippen LogP contribution in [-0.2, 0) is 9.53 Å². The summed E-state index contributed by atoms with van der Waals surface area (Å²) in [5.41, 5.74) is 0.494. The van der Waals surface area contributed by atoms with Gasteiger partial charge in [-0.15, -0.1) is 0 Å². The van der Waals surface area contributed by atoms with Crippen molar-refractivity contribution in [2.24, 2.45) is 0 Å². The quantitative estimate of drug-likeness (QED) is 0.727. The lowest BCUT2D eigenvalue weighted by atomic mass is 10.2. The Balaban J connectivity index is 2.03. The van der Waals surface area contributed by atoms with Gasteiger partial charge in [-0.1, -0.05) is 34.8 Å². The van der Waals surface area contributed by atoms with E-state index in [0.717, 1.165) is 0 Å². The van der Waals surface area contributed by atoms with Crippen molar-refractivity contribution in [1.82, 2.24) is 0 Å². The first kappa shape index (κ1) is 19.4. The summed E-state index contributed by atoms with van der Waals surface area (Å²) in [6.07, 6.45) is -1.06. The number of anilines is 1. The van der Waals surface area contributed by atoms with Crippen LogP contribution in [0.1, 0.15) is 17.3 Å². The Morgan fingerprint density at radius 3 is 2.12 bits per heavy atom. The molecule has 2 aromatic rings. The molecular formula is C17H14Cl3NO4. The van der Waals surface area contributed by atoms with Crippen molar-refractivity contribution in [1.29, 1.82) is 0 Å². The summed E-state index contributed by atoms with van der Waals surface area (Å²) < 4.78 is 10.2. The van der Waals surface area contributed by atoms with Crippen LogP contribution in [-0.4, -0.2) is 25.1 Å². The van der Waals surface area contributed by atoms with E-state index in [4.69, 9.17) is 44.3 Å². The number of carbonyl (C=O) groups is 2. The van der Waals surface area contributed by atoms with E-state index in [9.17, 15) is 9.59 Å². The number of methoxy groups -OCH3 is 1. The predicted octanol–water partition coefficient (Wildman–Crippen LogP) is 4.84. The molecule has 2 aromatic carbocycles. The second kappa shape index (κ2) is 8.43. The molecular weight excluding hydrogens is 389 g/mol. The number of amides is 1. The fraction of sp³-hybridized carbons (Fsp3) is 0.176. The Bertz CT molecular complexity index is 770. The van der Waals surface area contributed by atoms with Crippen LogP contribution in [0.25, 0.3) is 0 Å². The minimum Gasteiger partial charge on any atom is -0.497 e. The number of carbonyl (C=O) groups excluding carboxylic acids is 2. The van der Waals surface area contributed by atoms with E-state index >= 15 is 0 Å². The fourth-order valence-electron chi connectivity index (χ4n) is 1.90. The van der Waals surface area contributed by atoms with E-state index in [0.29, 0.717) is 16.3 Å². The molecule has 1 N–H and O–H groups in total. The van der Waals surface area contributed by atoms with Gasteiger partial charge in [-0.2, -0.15) is 0 Å². The van der Waals surface area contributed by atoms with Crippen LogP contribution < -0.4 is 10.1 Å². The summed E-state index contributed by atoms with van der Waals surface area (Å²) in [4.78, 5) is 24.3. The van der Waals surface area contributed by atoms with E-state index in [1.54, 1.807) is 24.3 Å². The van der Waals surface area contributed by atoms with Gasteiger partial charge < -0.3 is 14.8 Å². The molecule has 0 spiro atoms. The smallest absolute Gasteiger partial charge is 0.338 e.